The summed E-state index contributed by atoms with van der Waals surface area (Å²) in [5.74, 6) is 0. The molecule has 1 fully saturated rings. The van der Waals surface area contributed by atoms with Gasteiger partial charge in [-0.2, -0.15) is 0 Å². The van der Waals surface area contributed by atoms with E-state index >= 15 is 0 Å². The molecule has 114 valence electrons. The Bertz CT molecular complexity index is 602. The number of ether oxygens (including phenoxy) is 1. The number of benzene rings is 1. The summed E-state index contributed by atoms with van der Waals surface area (Å²) in [6.45, 7) is 9.72. The number of hydrogen-bond acceptors (Lipinski definition) is 1. The van der Waals surface area contributed by atoms with Gasteiger partial charge in [0.1, 0.15) is 11.6 Å². The maximum Gasteiger partial charge on any atom is 0.148 e. The minimum Gasteiger partial charge on any atom is -0.360 e. The Balaban J connectivity index is 2.13. The Morgan fingerprint density at radius 3 is 2.43 bits per heavy atom. The van der Waals surface area contributed by atoms with Crippen molar-refractivity contribution in [2.45, 2.75) is 51.8 Å². The van der Waals surface area contributed by atoms with E-state index in [1.165, 1.54) is 22.3 Å². The van der Waals surface area contributed by atoms with Crippen molar-refractivity contribution in [3.8, 4) is 0 Å². The van der Waals surface area contributed by atoms with Crippen molar-refractivity contribution in [3.05, 3.63) is 46.5 Å². The third-order valence-corrected chi connectivity index (χ3v) is 5.78. The van der Waals surface area contributed by atoms with Gasteiger partial charge in [-0.1, -0.05) is 12.1 Å². The first kappa shape index (κ1) is 14.8. The van der Waals surface area contributed by atoms with E-state index in [9.17, 15) is 0 Å². The summed E-state index contributed by atoms with van der Waals surface area (Å²) in [6.07, 6.45) is 3.51. The van der Waals surface area contributed by atoms with E-state index < -0.39 is 0 Å². The van der Waals surface area contributed by atoms with Crippen LogP contribution < -0.4 is 0 Å². The molecule has 0 aliphatic carbocycles. The summed E-state index contributed by atoms with van der Waals surface area (Å²) in [4.78, 5) is 0. The van der Waals surface area contributed by atoms with Crippen LogP contribution in [0.5, 0.6) is 0 Å². The fourth-order valence-corrected chi connectivity index (χ4v) is 4.25. The van der Waals surface area contributed by atoms with Crippen molar-refractivity contribution >= 4 is 0 Å². The molecule has 0 bridgehead atoms. The van der Waals surface area contributed by atoms with Crippen molar-refractivity contribution in [2.75, 3.05) is 20.7 Å². The summed E-state index contributed by atoms with van der Waals surface area (Å²) in [5, 5.41) is 0. The average molecular weight is 286 g/mol. The second-order valence-electron chi connectivity index (χ2n) is 7.66. The number of likely N-dealkylation sites (tertiary alicyclic amines) is 1. The van der Waals surface area contributed by atoms with Crippen LogP contribution in [0, 0.1) is 13.8 Å². The summed E-state index contributed by atoms with van der Waals surface area (Å²) in [6, 6.07) is 7.90. The second kappa shape index (κ2) is 4.69. The van der Waals surface area contributed by atoms with Crippen LogP contribution in [0.1, 0.15) is 43.0 Å². The van der Waals surface area contributed by atoms with Crippen LogP contribution in [0.2, 0.25) is 0 Å². The molecule has 0 radical (unpaired) electrons. The van der Waals surface area contributed by atoms with Gasteiger partial charge in [0, 0.05) is 12.0 Å². The van der Waals surface area contributed by atoms with E-state index in [0.717, 1.165) is 17.5 Å². The molecule has 2 heterocycles. The van der Waals surface area contributed by atoms with Crippen molar-refractivity contribution in [1.82, 2.24) is 0 Å². The number of nitrogens with zero attached hydrogens (tertiary/aromatic N) is 1. The van der Waals surface area contributed by atoms with Gasteiger partial charge in [0.15, 0.2) is 0 Å². The summed E-state index contributed by atoms with van der Waals surface area (Å²) in [5.41, 5.74) is 5.41. The first-order valence-corrected chi connectivity index (χ1v) is 7.99. The highest BCUT2D eigenvalue weighted by Crippen LogP contribution is 2.52. The van der Waals surface area contributed by atoms with E-state index in [0.29, 0.717) is 12.1 Å². The lowest BCUT2D eigenvalue weighted by Gasteiger charge is -2.39. The van der Waals surface area contributed by atoms with Crippen LogP contribution in [0.25, 0.3) is 0 Å². The lowest BCUT2D eigenvalue weighted by Crippen LogP contribution is -2.47. The third kappa shape index (κ3) is 2.16. The highest BCUT2D eigenvalue weighted by atomic mass is 16.5. The van der Waals surface area contributed by atoms with Crippen molar-refractivity contribution in [2.24, 2.45) is 0 Å². The van der Waals surface area contributed by atoms with E-state index in [2.05, 4.69) is 66.1 Å². The van der Waals surface area contributed by atoms with E-state index in [1.807, 2.05) is 0 Å². The summed E-state index contributed by atoms with van der Waals surface area (Å²) in [7, 11) is 4.70. The molecule has 0 aromatic heterocycles. The van der Waals surface area contributed by atoms with Gasteiger partial charge in [0.25, 0.3) is 0 Å². The van der Waals surface area contributed by atoms with Gasteiger partial charge < -0.3 is 9.22 Å². The molecule has 1 aromatic carbocycles. The van der Waals surface area contributed by atoms with Gasteiger partial charge >= 0.3 is 0 Å². The monoisotopic (exact) mass is 286 g/mol. The SMILES string of the molecule is CC1=CC2(CC(C)[N+](C)(C)C2c2ccc(C)c(C)c2)OC1. The highest BCUT2D eigenvalue weighted by molar-refractivity contribution is 5.35. The molecule has 3 atom stereocenters. The highest BCUT2D eigenvalue weighted by Gasteiger charge is 2.59. The minimum atomic E-state index is -0.116. The summed E-state index contributed by atoms with van der Waals surface area (Å²) < 4.78 is 7.34. The van der Waals surface area contributed by atoms with E-state index in [-0.39, 0.29) is 5.60 Å². The van der Waals surface area contributed by atoms with Gasteiger partial charge in [-0.25, -0.2) is 0 Å². The minimum absolute atomic E-state index is 0.116. The third-order valence-electron chi connectivity index (χ3n) is 5.78. The Hall–Kier alpha value is -1.12. The predicted molar refractivity (Wildman–Crippen MR) is 87.3 cm³/mol. The Morgan fingerprint density at radius 2 is 1.86 bits per heavy atom. The molecule has 0 amide bonds. The van der Waals surface area contributed by atoms with Gasteiger partial charge in [-0.15, -0.1) is 0 Å². The molecule has 2 aliphatic heterocycles. The number of aryl methyl sites for hydroxylation is 2. The normalized spacial score (nSPS) is 34.5. The molecular formula is C19H28NO+. The van der Waals surface area contributed by atoms with Crippen LogP contribution in [0.15, 0.2) is 29.8 Å². The number of quaternary nitrogens is 1. The number of likely N-dealkylation sites (N-methyl/N-ethyl adjacent to an activating group) is 1. The first-order chi connectivity index (χ1) is 9.76. The van der Waals surface area contributed by atoms with Crippen molar-refractivity contribution in [3.63, 3.8) is 0 Å². The van der Waals surface area contributed by atoms with Gasteiger partial charge in [0.2, 0.25) is 0 Å². The molecule has 1 aromatic rings. The Labute approximate surface area is 129 Å². The van der Waals surface area contributed by atoms with E-state index in [4.69, 9.17) is 4.74 Å². The van der Waals surface area contributed by atoms with Crippen molar-refractivity contribution in [1.29, 1.82) is 0 Å². The number of hydrogen-bond donors (Lipinski definition) is 0. The maximum atomic E-state index is 6.35. The van der Waals surface area contributed by atoms with Crippen LogP contribution in [-0.2, 0) is 4.74 Å². The average Bonchev–Trinajstić information content (AvgIpc) is 2.83. The molecule has 2 heteroatoms. The van der Waals surface area contributed by atoms with Crippen LogP contribution in [0.3, 0.4) is 0 Å². The Morgan fingerprint density at radius 1 is 1.14 bits per heavy atom. The fraction of sp³-hybridized carbons (Fsp3) is 0.579. The number of rotatable bonds is 1. The zero-order valence-electron chi connectivity index (χ0n) is 14.2. The lowest BCUT2D eigenvalue weighted by atomic mass is 9.86. The quantitative estimate of drug-likeness (QED) is 0.561. The zero-order chi connectivity index (χ0) is 15.4. The predicted octanol–water partition coefficient (Wildman–Crippen LogP) is 3.93. The standard InChI is InChI=1S/C19H28NO/c1-13-10-19(21-12-13)11-16(4)20(5,6)18(19)17-8-7-14(2)15(3)9-17/h7-10,16,18H,11-12H2,1-6H3/q+1. The smallest absolute Gasteiger partial charge is 0.148 e. The molecule has 2 aliphatic rings. The molecular weight excluding hydrogens is 258 g/mol. The molecule has 3 unspecified atom stereocenters. The molecule has 1 spiro atoms. The van der Waals surface area contributed by atoms with Crippen molar-refractivity contribution < 1.29 is 9.22 Å². The Kier molecular flexibility index (Phi) is 3.30. The van der Waals surface area contributed by atoms with Gasteiger partial charge in [0.05, 0.1) is 26.7 Å². The van der Waals surface area contributed by atoms with Crippen LogP contribution in [0.4, 0.5) is 0 Å². The van der Waals surface area contributed by atoms with Crippen LogP contribution >= 0.6 is 0 Å². The zero-order valence-corrected chi connectivity index (χ0v) is 14.2. The second-order valence-corrected chi connectivity index (χ2v) is 7.66. The lowest BCUT2D eigenvalue weighted by molar-refractivity contribution is -0.932. The summed E-state index contributed by atoms with van der Waals surface area (Å²) >= 11 is 0. The molecule has 21 heavy (non-hydrogen) atoms. The first-order valence-electron chi connectivity index (χ1n) is 7.99. The topological polar surface area (TPSA) is 9.23 Å². The molecule has 2 nitrogen and oxygen atoms in total. The van der Waals surface area contributed by atoms with E-state index in [1.54, 1.807) is 0 Å². The van der Waals surface area contributed by atoms with Gasteiger partial charge in [-0.3, -0.25) is 0 Å². The van der Waals surface area contributed by atoms with Crippen LogP contribution in [-0.4, -0.2) is 36.8 Å². The largest absolute Gasteiger partial charge is 0.360 e. The molecule has 0 saturated carbocycles. The van der Waals surface area contributed by atoms with Gasteiger partial charge in [-0.05, 0) is 56.5 Å². The molecule has 0 N–H and O–H groups in total. The molecule has 3 rings (SSSR count). The fourth-order valence-electron chi connectivity index (χ4n) is 4.25. The maximum absolute atomic E-state index is 6.35. The molecule has 1 saturated heterocycles.